The maximum absolute atomic E-state index is 13.7. The molecule has 0 atom stereocenters. The van der Waals surface area contributed by atoms with Crippen LogP contribution in [0.2, 0.25) is 0 Å². The zero-order chi connectivity index (χ0) is 15.4. The van der Waals surface area contributed by atoms with Crippen LogP contribution in [0.4, 0.5) is 4.39 Å². The lowest BCUT2D eigenvalue weighted by molar-refractivity contribution is 0.297. The quantitative estimate of drug-likeness (QED) is 0.731. The van der Waals surface area contributed by atoms with Gasteiger partial charge >= 0.3 is 0 Å². The second-order valence-corrected chi connectivity index (χ2v) is 5.17. The largest absolute Gasteiger partial charge is 0.488 e. The Labute approximate surface area is 141 Å². The van der Waals surface area contributed by atoms with Crippen LogP contribution in [0, 0.1) is 5.82 Å². The first-order valence-electron chi connectivity index (χ1n) is 7.31. The Morgan fingerprint density at radius 1 is 0.957 bits per heavy atom. The molecule has 23 heavy (non-hydrogen) atoms. The number of halogens is 2. The van der Waals surface area contributed by atoms with Crippen molar-refractivity contribution in [2.45, 2.75) is 13.2 Å². The molecule has 0 aliphatic carbocycles. The van der Waals surface area contributed by atoms with Crippen LogP contribution in [0.3, 0.4) is 0 Å². The topological polar surface area (TPSA) is 21.3 Å². The summed E-state index contributed by atoms with van der Waals surface area (Å²) in [6, 6.07) is 18.9. The van der Waals surface area contributed by atoms with E-state index < -0.39 is 0 Å². The Hall–Kier alpha value is -2.10. The van der Waals surface area contributed by atoms with E-state index >= 15 is 0 Å². The standard InChI is InChI=1S/C19H18FNO.ClH/c1-21-12-17-16-8-4-2-6-14(16)10-11-19(17)22-13-15-7-3-5-9-18(15)20;/h2-11,21H,12-13H2,1H3;1H. The first-order chi connectivity index (χ1) is 10.8. The minimum Gasteiger partial charge on any atom is -0.488 e. The van der Waals surface area contributed by atoms with Crippen LogP contribution in [0.5, 0.6) is 5.75 Å². The van der Waals surface area contributed by atoms with Crippen LogP contribution in [-0.4, -0.2) is 7.05 Å². The maximum Gasteiger partial charge on any atom is 0.129 e. The highest BCUT2D eigenvalue weighted by molar-refractivity contribution is 5.87. The van der Waals surface area contributed by atoms with Gasteiger partial charge in [-0.15, -0.1) is 12.4 Å². The van der Waals surface area contributed by atoms with Crippen LogP contribution >= 0.6 is 12.4 Å². The van der Waals surface area contributed by atoms with E-state index in [2.05, 4.69) is 17.4 Å². The molecule has 0 aliphatic rings. The summed E-state index contributed by atoms with van der Waals surface area (Å²) in [7, 11) is 1.91. The zero-order valence-corrected chi connectivity index (χ0v) is 13.7. The smallest absolute Gasteiger partial charge is 0.129 e. The van der Waals surface area contributed by atoms with Crippen LogP contribution in [-0.2, 0) is 13.2 Å². The van der Waals surface area contributed by atoms with Gasteiger partial charge in [-0.05, 0) is 30.0 Å². The van der Waals surface area contributed by atoms with Crippen molar-refractivity contribution in [2.24, 2.45) is 0 Å². The van der Waals surface area contributed by atoms with E-state index in [0.717, 1.165) is 16.7 Å². The lowest BCUT2D eigenvalue weighted by atomic mass is 10.0. The number of fused-ring (bicyclic) bond motifs is 1. The Bertz CT molecular complexity index is 791. The number of hydrogen-bond acceptors (Lipinski definition) is 2. The van der Waals surface area contributed by atoms with Crippen LogP contribution in [0.25, 0.3) is 10.8 Å². The summed E-state index contributed by atoms with van der Waals surface area (Å²) in [5, 5.41) is 5.50. The van der Waals surface area contributed by atoms with Gasteiger partial charge in [0.2, 0.25) is 0 Å². The number of benzene rings is 3. The van der Waals surface area contributed by atoms with Crippen molar-refractivity contribution in [1.82, 2.24) is 5.32 Å². The molecule has 3 aromatic rings. The molecule has 120 valence electrons. The molecule has 4 heteroatoms. The van der Waals surface area contributed by atoms with E-state index in [9.17, 15) is 4.39 Å². The molecular formula is C19H19ClFNO. The average Bonchev–Trinajstić information content (AvgIpc) is 2.55. The van der Waals surface area contributed by atoms with Gasteiger partial charge < -0.3 is 10.1 Å². The van der Waals surface area contributed by atoms with Gasteiger partial charge in [-0.1, -0.05) is 48.5 Å². The first kappa shape index (κ1) is 17.3. The summed E-state index contributed by atoms with van der Waals surface area (Å²) in [6.07, 6.45) is 0. The number of hydrogen-bond donors (Lipinski definition) is 1. The van der Waals surface area contributed by atoms with E-state index in [0.29, 0.717) is 12.1 Å². The van der Waals surface area contributed by atoms with Crippen LogP contribution in [0.1, 0.15) is 11.1 Å². The minimum atomic E-state index is -0.238. The minimum absolute atomic E-state index is 0. The summed E-state index contributed by atoms with van der Waals surface area (Å²) in [6.45, 7) is 0.926. The molecule has 0 spiro atoms. The van der Waals surface area contributed by atoms with Gasteiger partial charge in [0.1, 0.15) is 18.2 Å². The predicted molar refractivity (Wildman–Crippen MR) is 94.7 cm³/mol. The monoisotopic (exact) mass is 331 g/mol. The summed E-state index contributed by atoms with van der Waals surface area (Å²) in [5.74, 6) is 0.551. The Morgan fingerprint density at radius 3 is 2.48 bits per heavy atom. The first-order valence-corrected chi connectivity index (χ1v) is 7.31. The maximum atomic E-state index is 13.7. The molecule has 0 aromatic heterocycles. The normalized spacial score (nSPS) is 10.3. The predicted octanol–water partition coefficient (Wildman–Crippen LogP) is 4.70. The zero-order valence-electron chi connectivity index (χ0n) is 12.9. The fraction of sp³-hybridized carbons (Fsp3) is 0.158. The fourth-order valence-corrected chi connectivity index (χ4v) is 2.58. The van der Waals surface area contributed by atoms with Crippen molar-refractivity contribution >= 4 is 23.2 Å². The van der Waals surface area contributed by atoms with Gasteiger partial charge in [0.25, 0.3) is 0 Å². The Morgan fingerprint density at radius 2 is 1.70 bits per heavy atom. The van der Waals surface area contributed by atoms with E-state index in [4.69, 9.17) is 4.74 Å². The second kappa shape index (κ2) is 7.95. The lowest BCUT2D eigenvalue weighted by Crippen LogP contribution is -2.08. The third kappa shape index (κ3) is 3.81. The molecule has 0 saturated carbocycles. The molecule has 0 amide bonds. The third-order valence-electron chi connectivity index (χ3n) is 3.69. The van der Waals surface area contributed by atoms with Crippen molar-refractivity contribution in [3.63, 3.8) is 0 Å². The molecule has 0 saturated heterocycles. The highest BCUT2D eigenvalue weighted by Gasteiger charge is 2.09. The van der Waals surface area contributed by atoms with Gasteiger partial charge in [-0.2, -0.15) is 0 Å². The Kier molecular flexibility index (Phi) is 5.97. The lowest BCUT2D eigenvalue weighted by Gasteiger charge is -2.14. The van der Waals surface area contributed by atoms with E-state index in [1.54, 1.807) is 12.1 Å². The number of rotatable bonds is 5. The molecule has 0 aliphatic heterocycles. The van der Waals surface area contributed by atoms with Gasteiger partial charge in [0.15, 0.2) is 0 Å². The second-order valence-electron chi connectivity index (χ2n) is 5.17. The Balaban J connectivity index is 0.00000192. The van der Waals surface area contributed by atoms with Gasteiger partial charge in [-0.3, -0.25) is 0 Å². The van der Waals surface area contributed by atoms with Gasteiger partial charge in [0, 0.05) is 17.7 Å². The molecule has 0 unspecified atom stereocenters. The number of ether oxygens (including phenoxy) is 1. The summed E-state index contributed by atoms with van der Waals surface area (Å²) < 4.78 is 19.6. The van der Waals surface area contributed by atoms with E-state index in [1.165, 1.54) is 11.5 Å². The average molecular weight is 332 g/mol. The highest BCUT2D eigenvalue weighted by Crippen LogP contribution is 2.28. The molecule has 0 fully saturated rings. The number of nitrogens with one attached hydrogen (secondary N) is 1. The van der Waals surface area contributed by atoms with Crippen molar-refractivity contribution in [3.8, 4) is 5.75 Å². The SMILES string of the molecule is CNCc1c(OCc2ccccc2F)ccc2ccccc12.Cl. The molecule has 3 aromatic carbocycles. The molecular weight excluding hydrogens is 313 g/mol. The highest BCUT2D eigenvalue weighted by atomic mass is 35.5. The van der Waals surface area contributed by atoms with Crippen molar-refractivity contribution in [3.05, 3.63) is 77.6 Å². The third-order valence-corrected chi connectivity index (χ3v) is 3.69. The van der Waals surface area contributed by atoms with E-state index in [-0.39, 0.29) is 24.8 Å². The molecule has 0 bridgehead atoms. The summed E-state index contributed by atoms with van der Waals surface area (Å²) >= 11 is 0. The van der Waals surface area contributed by atoms with E-state index in [1.807, 2.05) is 37.4 Å². The molecule has 2 nitrogen and oxygen atoms in total. The van der Waals surface area contributed by atoms with Gasteiger partial charge in [-0.25, -0.2) is 4.39 Å². The van der Waals surface area contributed by atoms with Crippen molar-refractivity contribution in [2.75, 3.05) is 7.05 Å². The summed E-state index contributed by atoms with van der Waals surface area (Å²) in [5.41, 5.74) is 1.66. The molecule has 0 heterocycles. The van der Waals surface area contributed by atoms with Crippen LogP contribution < -0.4 is 10.1 Å². The fourth-order valence-electron chi connectivity index (χ4n) is 2.58. The van der Waals surface area contributed by atoms with Crippen LogP contribution in [0.15, 0.2) is 60.7 Å². The van der Waals surface area contributed by atoms with Crippen molar-refractivity contribution in [1.29, 1.82) is 0 Å². The molecule has 3 rings (SSSR count). The molecule has 0 radical (unpaired) electrons. The van der Waals surface area contributed by atoms with Crippen molar-refractivity contribution < 1.29 is 9.13 Å². The summed E-state index contributed by atoms with van der Waals surface area (Å²) in [4.78, 5) is 0. The molecule has 1 N–H and O–H groups in total. The van der Waals surface area contributed by atoms with Gasteiger partial charge in [0.05, 0.1) is 0 Å².